The van der Waals surface area contributed by atoms with Crippen molar-refractivity contribution in [3.8, 4) is 0 Å². The SMILES string of the molecule is CC(=O)O[C@H]1C[C@@H]2[C@]3(CC[C@]4(C)[C@@H]([C@@]5(C)CC[C@@H](C(C)(C)O)O5)[C@@H](O)C[C@@]24C)C[C@@]32CC[C@H](OC(C)=O)C(C)(C)[C@H]12.CC(=O)O[C@H]1C[C@@]2(C)[C@@H]3C[C@H](OC(C)=O)[C@H]4C(C)(C)[C@@H](OC(C)=O)CC[C@@]45C[C@@]35CC[C@]2(C)[C@H]1[C@@]1(C)CC[C@@H](C(C)(C)O)O1. The van der Waals surface area contributed by atoms with Gasteiger partial charge in [0.2, 0.25) is 0 Å². The number of carbonyl (C=O) groups excluding carboxylic acids is 5. The Bertz CT molecular complexity index is 2730. The average molecular weight is 1190 g/mol. The zero-order chi connectivity index (χ0) is 62.6. The second kappa shape index (κ2) is 19.6. The molecule has 0 aromatic rings. The predicted octanol–water partition coefficient (Wildman–Crippen LogP) is 11.7. The molecular formula is C70H110O15. The Morgan fingerprint density at radius 2 is 0.765 bits per heavy atom. The van der Waals surface area contributed by atoms with Crippen LogP contribution in [0.15, 0.2) is 0 Å². The maximum atomic E-state index is 12.7. The van der Waals surface area contributed by atoms with E-state index in [2.05, 4.69) is 69.2 Å². The zero-order valence-corrected chi connectivity index (χ0v) is 55.6. The summed E-state index contributed by atoms with van der Waals surface area (Å²) in [7, 11) is 0. The van der Waals surface area contributed by atoms with Crippen molar-refractivity contribution in [1.82, 2.24) is 0 Å². The summed E-state index contributed by atoms with van der Waals surface area (Å²) in [5, 5.41) is 33.6. The van der Waals surface area contributed by atoms with E-state index < -0.39 is 28.5 Å². The van der Waals surface area contributed by atoms with Crippen LogP contribution in [0.5, 0.6) is 0 Å². The molecule has 4 spiro atoms. The third-order valence-corrected chi connectivity index (χ3v) is 29.0. The number of ether oxygens (including phenoxy) is 7. The smallest absolute Gasteiger partial charge is 0.302 e. The fourth-order valence-electron chi connectivity index (χ4n) is 25.9. The molecule has 10 aliphatic carbocycles. The predicted molar refractivity (Wildman–Crippen MR) is 317 cm³/mol. The lowest BCUT2D eigenvalue weighted by atomic mass is 9.41. The van der Waals surface area contributed by atoms with Gasteiger partial charge in [0.05, 0.1) is 40.7 Å². The number of aliphatic hydroxyl groups is 3. The molecule has 24 atom stereocenters. The molecule has 2 heterocycles. The van der Waals surface area contributed by atoms with Gasteiger partial charge in [-0.05, 0) is 212 Å². The van der Waals surface area contributed by atoms with Gasteiger partial charge >= 0.3 is 29.8 Å². The molecule has 10 saturated carbocycles. The molecule has 12 aliphatic rings. The van der Waals surface area contributed by atoms with Crippen LogP contribution in [0.1, 0.15) is 247 Å². The van der Waals surface area contributed by atoms with E-state index in [1.165, 1.54) is 34.6 Å². The van der Waals surface area contributed by atoms with Crippen molar-refractivity contribution in [3.05, 3.63) is 0 Å². The maximum Gasteiger partial charge on any atom is 0.302 e. The van der Waals surface area contributed by atoms with Crippen molar-refractivity contribution in [3.63, 3.8) is 0 Å². The molecule has 0 amide bonds. The van der Waals surface area contributed by atoms with Gasteiger partial charge < -0.3 is 48.5 Å². The summed E-state index contributed by atoms with van der Waals surface area (Å²) in [4.78, 5) is 62.0. The van der Waals surface area contributed by atoms with Gasteiger partial charge in [0.25, 0.3) is 0 Å². The molecule has 85 heavy (non-hydrogen) atoms. The number of rotatable bonds is 9. The summed E-state index contributed by atoms with van der Waals surface area (Å²) in [6.45, 7) is 37.6. The van der Waals surface area contributed by atoms with E-state index in [1.54, 1.807) is 0 Å². The van der Waals surface area contributed by atoms with Gasteiger partial charge in [0.1, 0.15) is 30.5 Å². The fourth-order valence-corrected chi connectivity index (χ4v) is 25.9. The van der Waals surface area contributed by atoms with Gasteiger partial charge in [-0.25, -0.2) is 0 Å². The normalized spacial score (nSPS) is 51.8. The highest BCUT2D eigenvalue weighted by Crippen LogP contribution is 2.91. The van der Waals surface area contributed by atoms with Gasteiger partial charge in [-0.1, -0.05) is 55.4 Å². The number of fused-ring (bicyclic) bond motifs is 4. The van der Waals surface area contributed by atoms with Crippen LogP contribution >= 0.6 is 0 Å². The second-order valence-electron chi connectivity index (χ2n) is 34.7. The molecule has 0 aromatic carbocycles. The first-order valence-corrected chi connectivity index (χ1v) is 33.3. The Balaban J connectivity index is 0.000000177. The van der Waals surface area contributed by atoms with Crippen molar-refractivity contribution in [2.45, 2.75) is 318 Å². The molecule has 15 heteroatoms. The first-order chi connectivity index (χ1) is 38.9. The lowest BCUT2D eigenvalue weighted by Gasteiger charge is -2.64. The summed E-state index contributed by atoms with van der Waals surface area (Å²) in [5.74, 6) is -0.493. The first kappa shape index (κ1) is 63.7. The molecule has 2 saturated heterocycles. The second-order valence-corrected chi connectivity index (χ2v) is 34.7. The summed E-state index contributed by atoms with van der Waals surface area (Å²) in [6, 6.07) is 0. The summed E-state index contributed by atoms with van der Waals surface area (Å²) in [5.41, 5.74) is -3.87. The van der Waals surface area contributed by atoms with Crippen LogP contribution in [0.25, 0.3) is 0 Å². The van der Waals surface area contributed by atoms with Gasteiger partial charge in [0, 0.05) is 69.1 Å². The summed E-state index contributed by atoms with van der Waals surface area (Å²) in [6.07, 6.45) is 14.1. The van der Waals surface area contributed by atoms with Gasteiger partial charge in [0.15, 0.2) is 0 Å². The van der Waals surface area contributed by atoms with E-state index in [-0.39, 0.29) is 156 Å². The minimum atomic E-state index is -0.956. The molecule has 480 valence electrons. The Morgan fingerprint density at radius 1 is 0.412 bits per heavy atom. The Kier molecular flexibility index (Phi) is 14.7. The van der Waals surface area contributed by atoms with Crippen molar-refractivity contribution >= 4 is 29.8 Å². The highest BCUT2D eigenvalue weighted by atomic mass is 16.6. The fraction of sp³-hybridized carbons (Fsp3) is 0.929. The van der Waals surface area contributed by atoms with E-state index >= 15 is 0 Å². The van der Waals surface area contributed by atoms with Crippen molar-refractivity contribution in [1.29, 1.82) is 0 Å². The van der Waals surface area contributed by atoms with Crippen LogP contribution in [0.3, 0.4) is 0 Å². The molecular weight excluding hydrogens is 1080 g/mol. The monoisotopic (exact) mass is 1190 g/mol. The Hall–Kier alpha value is -2.85. The standard InChI is InChI=1S/C36H56O8.C34H54O7/c1-20(37)41-23-17-25-33(9)18-24(42-21(2)38)29(34(10)13-11-27(44-34)31(6,7)40)32(33,8)15-16-35(25)19-36(35)14-12-26(43-22(3)39)30(4,5)28(23)36;1-19(35)39-22-16-23-31(8)17-21(37)26(32(9)12-10-25(41-32)29(5,6)38)30(31,7)14-15-33(23)18-34(33)13-11-24(40-20(2)36)28(3,4)27(22)34/h23-29,40H,11-19H2,1-10H3;21-27,37-38H,10-18H2,1-9H3/t23-,24-,25-,26-,27-,28-,29-,32+,33-,34+,35-,36+;21-,22-,23-,24-,25-,26-,27-,30+,31-,32+,33-,34+/m00/s1. The summed E-state index contributed by atoms with van der Waals surface area (Å²) >= 11 is 0. The molecule has 0 aromatic heterocycles. The minimum absolute atomic E-state index is 0.0231. The van der Waals surface area contributed by atoms with Crippen LogP contribution in [0, 0.1) is 89.7 Å². The number of esters is 5. The molecule has 0 radical (unpaired) electrons. The average Bonchev–Trinajstić information content (AvgIpc) is 1.47. The lowest BCUT2D eigenvalue weighted by Crippen LogP contribution is -2.63. The molecule has 2 aliphatic heterocycles. The molecule has 15 nitrogen and oxygen atoms in total. The maximum absolute atomic E-state index is 12.7. The topological polar surface area (TPSA) is 211 Å². The van der Waals surface area contributed by atoms with E-state index in [1.807, 2.05) is 27.7 Å². The Labute approximate surface area is 508 Å². The number of hydrogen-bond acceptors (Lipinski definition) is 15. The van der Waals surface area contributed by atoms with E-state index in [4.69, 9.17) is 33.2 Å². The third-order valence-electron chi connectivity index (χ3n) is 29.0. The van der Waals surface area contributed by atoms with Crippen LogP contribution in [-0.4, -0.2) is 116 Å². The van der Waals surface area contributed by atoms with Crippen molar-refractivity contribution in [2.24, 2.45) is 89.7 Å². The van der Waals surface area contributed by atoms with Crippen LogP contribution in [0.4, 0.5) is 0 Å². The summed E-state index contributed by atoms with van der Waals surface area (Å²) < 4.78 is 44.1. The van der Waals surface area contributed by atoms with Crippen molar-refractivity contribution < 1.29 is 72.5 Å². The number of carbonyl (C=O) groups is 5. The van der Waals surface area contributed by atoms with Crippen molar-refractivity contribution in [2.75, 3.05) is 0 Å². The number of aliphatic hydroxyl groups excluding tert-OH is 1. The van der Waals surface area contributed by atoms with Gasteiger partial charge in [-0.3, -0.25) is 24.0 Å². The lowest BCUT2D eigenvalue weighted by molar-refractivity contribution is -0.224. The van der Waals surface area contributed by atoms with Gasteiger partial charge in [-0.2, -0.15) is 0 Å². The quantitative estimate of drug-likeness (QED) is 0.145. The molecule has 12 fully saturated rings. The molecule has 12 rings (SSSR count). The third kappa shape index (κ3) is 8.89. The zero-order valence-electron chi connectivity index (χ0n) is 55.6. The van der Waals surface area contributed by atoms with Crippen LogP contribution in [-0.2, 0) is 57.1 Å². The minimum Gasteiger partial charge on any atom is -0.462 e. The van der Waals surface area contributed by atoms with E-state index in [0.29, 0.717) is 5.92 Å². The number of hydrogen-bond donors (Lipinski definition) is 3. The highest BCUT2D eigenvalue weighted by molar-refractivity contribution is 5.68. The van der Waals surface area contributed by atoms with Crippen LogP contribution in [0.2, 0.25) is 0 Å². The van der Waals surface area contributed by atoms with Crippen LogP contribution < -0.4 is 0 Å². The molecule has 3 N–H and O–H groups in total. The highest BCUT2D eigenvalue weighted by Gasteiger charge is 2.88. The Morgan fingerprint density at radius 3 is 1.13 bits per heavy atom. The van der Waals surface area contributed by atoms with Gasteiger partial charge in [-0.15, -0.1) is 0 Å². The molecule has 0 unspecified atom stereocenters. The largest absolute Gasteiger partial charge is 0.462 e. The first-order valence-electron chi connectivity index (χ1n) is 33.3. The van der Waals surface area contributed by atoms with E-state index in [9.17, 15) is 39.3 Å². The molecule has 0 bridgehead atoms. The van der Waals surface area contributed by atoms with E-state index in [0.717, 1.165) is 116 Å².